The topological polar surface area (TPSA) is 58.6 Å². The fraction of sp³-hybridized carbons (Fsp3) is 0.133. The van der Waals surface area contributed by atoms with E-state index in [9.17, 15) is 14.3 Å². The average Bonchev–Trinajstić information content (AvgIpc) is 2.44. The summed E-state index contributed by atoms with van der Waals surface area (Å²) in [6.07, 6.45) is 0. The normalized spacial score (nSPS) is 10.3. The number of carbonyl (C=O) groups is 1. The Hall–Kier alpha value is -2.08. The SMILES string of the molecule is COc1cccc(C(=O)Nc2cc(F)c(Br)cc2C)c1O. The second-order valence-corrected chi connectivity index (χ2v) is 5.25. The van der Waals surface area contributed by atoms with Crippen LogP contribution in [0.15, 0.2) is 34.8 Å². The van der Waals surface area contributed by atoms with Crippen LogP contribution in [0.1, 0.15) is 15.9 Å². The number of aromatic hydroxyl groups is 1. The number of para-hydroxylation sites is 1. The van der Waals surface area contributed by atoms with E-state index in [4.69, 9.17) is 4.74 Å². The summed E-state index contributed by atoms with van der Waals surface area (Å²) in [5, 5.41) is 12.5. The molecular formula is C15H13BrFNO3. The van der Waals surface area contributed by atoms with Crippen molar-refractivity contribution >= 4 is 27.5 Å². The van der Waals surface area contributed by atoms with E-state index in [0.29, 0.717) is 15.7 Å². The number of anilines is 1. The zero-order valence-electron chi connectivity index (χ0n) is 11.4. The van der Waals surface area contributed by atoms with Crippen LogP contribution in [0.25, 0.3) is 0 Å². The van der Waals surface area contributed by atoms with Crippen LogP contribution >= 0.6 is 15.9 Å². The monoisotopic (exact) mass is 353 g/mol. The third-order valence-electron chi connectivity index (χ3n) is 2.98. The molecule has 2 N–H and O–H groups in total. The van der Waals surface area contributed by atoms with Gasteiger partial charge in [-0.3, -0.25) is 4.79 Å². The summed E-state index contributed by atoms with van der Waals surface area (Å²) in [6.45, 7) is 1.74. The minimum atomic E-state index is -0.545. The van der Waals surface area contributed by atoms with Crippen LogP contribution in [0.3, 0.4) is 0 Å². The van der Waals surface area contributed by atoms with E-state index in [1.807, 2.05) is 0 Å². The first-order valence-corrected chi connectivity index (χ1v) is 6.86. The number of aryl methyl sites for hydroxylation is 1. The van der Waals surface area contributed by atoms with Gasteiger partial charge in [0.2, 0.25) is 0 Å². The highest BCUT2D eigenvalue weighted by atomic mass is 79.9. The maximum absolute atomic E-state index is 13.5. The van der Waals surface area contributed by atoms with Gasteiger partial charge in [0.25, 0.3) is 5.91 Å². The summed E-state index contributed by atoms with van der Waals surface area (Å²) < 4.78 is 18.8. The van der Waals surface area contributed by atoms with Gasteiger partial charge in [0, 0.05) is 5.69 Å². The van der Waals surface area contributed by atoms with Crippen molar-refractivity contribution < 1.29 is 19.0 Å². The number of hydrogen-bond acceptors (Lipinski definition) is 3. The number of ether oxygens (including phenoxy) is 1. The van der Waals surface area contributed by atoms with E-state index >= 15 is 0 Å². The number of carbonyl (C=O) groups excluding carboxylic acids is 1. The van der Waals surface area contributed by atoms with Crippen molar-refractivity contribution in [1.82, 2.24) is 0 Å². The Morgan fingerprint density at radius 3 is 2.76 bits per heavy atom. The first kappa shape index (κ1) is 15.3. The maximum Gasteiger partial charge on any atom is 0.259 e. The van der Waals surface area contributed by atoms with Crippen molar-refractivity contribution in [2.24, 2.45) is 0 Å². The fourth-order valence-corrected chi connectivity index (χ4v) is 2.30. The number of halogens is 2. The predicted molar refractivity (Wildman–Crippen MR) is 81.4 cm³/mol. The lowest BCUT2D eigenvalue weighted by Crippen LogP contribution is -2.13. The quantitative estimate of drug-likeness (QED) is 0.880. The maximum atomic E-state index is 13.5. The Morgan fingerprint density at radius 1 is 1.38 bits per heavy atom. The molecule has 0 saturated carbocycles. The van der Waals surface area contributed by atoms with E-state index in [1.54, 1.807) is 19.1 Å². The second-order valence-electron chi connectivity index (χ2n) is 4.39. The van der Waals surface area contributed by atoms with Gasteiger partial charge in [0.15, 0.2) is 11.5 Å². The summed E-state index contributed by atoms with van der Waals surface area (Å²) in [6, 6.07) is 7.36. The summed E-state index contributed by atoms with van der Waals surface area (Å²) in [5.74, 6) is -1.09. The lowest BCUT2D eigenvalue weighted by Gasteiger charge is -2.11. The van der Waals surface area contributed by atoms with Crippen LogP contribution in [0.2, 0.25) is 0 Å². The number of benzene rings is 2. The number of rotatable bonds is 3. The van der Waals surface area contributed by atoms with E-state index in [-0.39, 0.29) is 17.1 Å². The molecule has 110 valence electrons. The summed E-state index contributed by atoms with van der Waals surface area (Å²) >= 11 is 3.08. The molecule has 0 bridgehead atoms. The van der Waals surface area contributed by atoms with Crippen molar-refractivity contribution in [3.05, 3.63) is 51.7 Å². The van der Waals surface area contributed by atoms with Crippen LogP contribution in [0.5, 0.6) is 11.5 Å². The molecule has 0 spiro atoms. The van der Waals surface area contributed by atoms with Crippen LogP contribution in [0.4, 0.5) is 10.1 Å². The molecule has 0 unspecified atom stereocenters. The van der Waals surface area contributed by atoms with E-state index < -0.39 is 11.7 Å². The molecule has 0 aliphatic carbocycles. The molecule has 2 rings (SSSR count). The predicted octanol–water partition coefficient (Wildman–Crippen LogP) is 3.86. The summed E-state index contributed by atoms with van der Waals surface area (Å²) in [4.78, 5) is 12.2. The van der Waals surface area contributed by atoms with Crippen LogP contribution < -0.4 is 10.1 Å². The van der Waals surface area contributed by atoms with Crippen molar-refractivity contribution in [2.45, 2.75) is 6.92 Å². The van der Waals surface area contributed by atoms with Crippen LogP contribution in [0, 0.1) is 12.7 Å². The Balaban J connectivity index is 2.33. The molecule has 0 aliphatic heterocycles. The number of nitrogens with one attached hydrogen (secondary N) is 1. The molecule has 0 aliphatic rings. The van der Waals surface area contributed by atoms with Gasteiger partial charge in [0.1, 0.15) is 5.82 Å². The highest BCUT2D eigenvalue weighted by Crippen LogP contribution is 2.30. The smallest absolute Gasteiger partial charge is 0.259 e. The molecule has 0 aromatic heterocycles. The largest absolute Gasteiger partial charge is 0.504 e. The average molecular weight is 354 g/mol. The van der Waals surface area contributed by atoms with Gasteiger partial charge < -0.3 is 15.2 Å². The molecule has 0 saturated heterocycles. The molecule has 2 aromatic rings. The van der Waals surface area contributed by atoms with Gasteiger partial charge in [-0.2, -0.15) is 0 Å². The molecule has 21 heavy (non-hydrogen) atoms. The van der Waals surface area contributed by atoms with Gasteiger partial charge in [-0.15, -0.1) is 0 Å². The minimum Gasteiger partial charge on any atom is -0.504 e. The van der Waals surface area contributed by atoms with Gasteiger partial charge in [-0.05, 0) is 52.7 Å². The number of phenolic OH excluding ortho intramolecular Hbond substituents is 1. The van der Waals surface area contributed by atoms with E-state index in [1.165, 1.54) is 25.3 Å². The summed E-state index contributed by atoms with van der Waals surface area (Å²) in [7, 11) is 1.39. The molecule has 0 fully saturated rings. The lowest BCUT2D eigenvalue weighted by molar-refractivity contribution is 0.102. The third-order valence-corrected chi connectivity index (χ3v) is 3.59. The Labute approximate surface area is 129 Å². The molecular weight excluding hydrogens is 341 g/mol. The van der Waals surface area contributed by atoms with Crippen LogP contribution in [-0.2, 0) is 0 Å². The zero-order chi connectivity index (χ0) is 15.6. The minimum absolute atomic E-state index is 0.0528. The zero-order valence-corrected chi connectivity index (χ0v) is 13.0. The molecule has 0 radical (unpaired) electrons. The van der Waals surface area contributed by atoms with Crippen molar-refractivity contribution in [1.29, 1.82) is 0 Å². The van der Waals surface area contributed by atoms with E-state index in [0.717, 1.165) is 0 Å². The number of phenols is 1. The van der Waals surface area contributed by atoms with Crippen molar-refractivity contribution in [3.63, 3.8) is 0 Å². The lowest BCUT2D eigenvalue weighted by atomic mass is 10.1. The number of amides is 1. The Morgan fingerprint density at radius 2 is 2.10 bits per heavy atom. The van der Waals surface area contributed by atoms with E-state index in [2.05, 4.69) is 21.2 Å². The van der Waals surface area contributed by atoms with Gasteiger partial charge in [-0.25, -0.2) is 4.39 Å². The molecule has 4 nitrogen and oxygen atoms in total. The Kier molecular flexibility index (Phi) is 4.47. The van der Waals surface area contributed by atoms with Crippen molar-refractivity contribution in [3.8, 4) is 11.5 Å². The van der Waals surface area contributed by atoms with Crippen LogP contribution in [-0.4, -0.2) is 18.1 Å². The van der Waals surface area contributed by atoms with Gasteiger partial charge in [-0.1, -0.05) is 6.07 Å². The Bertz CT molecular complexity index is 704. The second kappa shape index (κ2) is 6.13. The van der Waals surface area contributed by atoms with Gasteiger partial charge in [0.05, 0.1) is 17.1 Å². The van der Waals surface area contributed by atoms with Gasteiger partial charge >= 0.3 is 0 Å². The fourth-order valence-electron chi connectivity index (χ4n) is 1.84. The number of methoxy groups -OCH3 is 1. The third kappa shape index (κ3) is 3.16. The molecule has 1 amide bonds. The number of hydrogen-bond donors (Lipinski definition) is 2. The standard InChI is InChI=1S/C15H13BrFNO3/c1-8-6-10(16)11(17)7-12(8)18-15(20)9-4-3-5-13(21-2)14(9)19/h3-7,19H,1-2H3,(H,18,20). The molecule has 0 heterocycles. The summed E-state index contributed by atoms with van der Waals surface area (Å²) in [5.41, 5.74) is 1.08. The highest BCUT2D eigenvalue weighted by Gasteiger charge is 2.16. The highest BCUT2D eigenvalue weighted by molar-refractivity contribution is 9.10. The molecule has 6 heteroatoms. The van der Waals surface area contributed by atoms with Crippen molar-refractivity contribution in [2.75, 3.05) is 12.4 Å². The molecule has 0 atom stereocenters. The first-order chi connectivity index (χ1) is 9.93. The first-order valence-electron chi connectivity index (χ1n) is 6.07. The molecule has 2 aromatic carbocycles.